The molecular weight excluding hydrogens is 220 g/mol. The van der Waals surface area contributed by atoms with E-state index in [1.54, 1.807) is 0 Å². The Morgan fingerprint density at radius 2 is 2.06 bits per heavy atom. The van der Waals surface area contributed by atoms with Crippen LogP contribution in [0, 0.1) is 0 Å². The van der Waals surface area contributed by atoms with Gasteiger partial charge in [0.05, 0.1) is 0 Å². The topological polar surface area (TPSA) is 16.1 Å². The zero-order valence-electron chi connectivity index (χ0n) is 9.82. The molecule has 1 aromatic rings. The number of halogens is 1. The van der Waals surface area contributed by atoms with Crippen molar-refractivity contribution in [1.29, 1.82) is 0 Å². The van der Waals surface area contributed by atoms with Gasteiger partial charge in [-0.2, -0.15) is 0 Å². The highest BCUT2D eigenvalue weighted by Gasteiger charge is 2.18. The monoisotopic (exact) mass is 238 g/mol. The number of hydrogen-bond acceptors (Lipinski definition) is 2. The van der Waals surface area contributed by atoms with Crippen molar-refractivity contribution < 1.29 is 0 Å². The zero-order chi connectivity index (χ0) is 11.4. The molecule has 2 nitrogen and oxygen atoms in total. The van der Waals surface area contributed by atoms with Gasteiger partial charge in [0, 0.05) is 25.2 Å². The maximum absolute atomic E-state index is 5.75. The lowest BCUT2D eigenvalue weighted by atomic mass is 9.94. The van der Waals surface area contributed by atoms with E-state index in [2.05, 4.69) is 29.1 Å². The van der Waals surface area contributed by atoms with Crippen LogP contribution in [0.5, 0.6) is 0 Å². The Morgan fingerprint density at radius 3 is 2.62 bits per heavy atom. The first-order chi connectivity index (χ1) is 7.81. The first kappa shape index (κ1) is 11.7. The van der Waals surface area contributed by atoms with Crippen LogP contribution in [0.1, 0.15) is 37.7 Å². The highest BCUT2D eigenvalue weighted by Crippen LogP contribution is 2.24. The van der Waals surface area contributed by atoms with Gasteiger partial charge in [0.2, 0.25) is 0 Å². The van der Waals surface area contributed by atoms with Crippen molar-refractivity contribution in [2.24, 2.45) is 0 Å². The molecule has 0 amide bonds. The summed E-state index contributed by atoms with van der Waals surface area (Å²) >= 11 is 5.75. The maximum atomic E-state index is 5.75. The number of nitrogens with zero attached hydrogens (tertiary/aromatic N) is 2. The molecule has 0 atom stereocenters. The predicted octanol–water partition coefficient (Wildman–Crippen LogP) is 3.59. The lowest BCUT2D eigenvalue weighted by Gasteiger charge is -2.32. The summed E-state index contributed by atoms with van der Waals surface area (Å²) in [5, 5.41) is 0. The van der Waals surface area contributed by atoms with Crippen LogP contribution in [-0.2, 0) is 5.88 Å². The highest BCUT2D eigenvalue weighted by atomic mass is 35.5. The van der Waals surface area contributed by atoms with Crippen LogP contribution in [0.4, 0.5) is 5.82 Å². The second-order valence-electron chi connectivity index (χ2n) is 4.56. The van der Waals surface area contributed by atoms with Gasteiger partial charge in [-0.3, -0.25) is 0 Å². The molecule has 1 heterocycles. The van der Waals surface area contributed by atoms with Crippen molar-refractivity contribution in [1.82, 2.24) is 4.98 Å². The van der Waals surface area contributed by atoms with Crippen LogP contribution in [-0.4, -0.2) is 18.1 Å². The smallest absolute Gasteiger partial charge is 0.128 e. The Hall–Kier alpha value is -0.760. The van der Waals surface area contributed by atoms with Gasteiger partial charge < -0.3 is 4.90 Å². The maximum Gasteiger partial charge on any atom is 0.128 e. The van der Waals surface area contributed by atoms with Gasteiger partial charge >= 0.3 is 0 Å². The van der Waals surface area contributed by atoms with E-state index < -0.39 is 0 Å². The van der Waals surface area contributed by atoms with Crippen LogP contribution in [0.15, 0.2) is 18.3 Å². The fraction of sp³-hybridized carbons (Fsp3) is 0.615. The van der Waals surface area contributed by atoms with Gasteiger partial charge in [-0.05, 0) is 24.5 Å². The second-order valence-corrected chi connectivity index (χ2v) is 4.83. The Morgan fingerprint density at radius 1 is 1.31 bits per heavy atom. The van der Waals surface area contributed by atoms with Crippen molar-refractivity contribution >= 4 is 17.4 Å². The van der Waals surface area contributed by atoms with E-state index >= 15 is 0 Å². The Labute approximate surface area is 103 Å². The molecule has 0 unspecified atom stereocenters. The van der Waals surface area contributed by atoms with E-state index in [9.17, 15) is 0 Å². The molecule has 3 heteroatoms. The zero-order valence-corrected chi connectivity index (χ0v) is 10.6. The molecule has 1 aliphatic carbocycles. The van der Waals surface area contributed by atoms with E-state index in [-0.39, 0.29) is 0 Å². The fourth-order valence-corrected chi connectivity index (χ4v) is 2.52. The lowest BCUT2D eigenvalue weighted by Crippen LogP contribution is -2.33. The van der Waals surface area contributed by atoms with Gasteiger partial charge in [0.1, 0.15) is 5.82 Å². The summed E-state index contributed by atoms with van der Waals surface area (Å²) in [6.07, 6.45) is 8.58. The lowest BCUT2D eigenvalue weighted by molar-refractivity contribution is 0.426. The molecule has 0 spiro atoms. The standard InChI is InChI=1S/C13H19ClN2/c1-16(12-5-3-2-4-6-12)13-8-7-11(9-14)10-15-13/h7-8,10,12H,2-6,9H2,1H3. The van der Waals surface area contributed by atoms with Gasteiger partial charge in [0.25, 0.3) is 0 Å². The van der Waals surface area contributed by atoms with Crippen molar-refractivity contribution in [2.75, 3.05) is 11.9 Å². The number of anilines is 1. The molecule has 0 N–H and O–H groups in total. The fourth-order valence-electron chi connectivity index (χ4n) is 2.36. The average Bonchev–Trinajstić information content (AvgIpc) is 2.39. The molecule has 0 bridgehead atoms. The third-order valence-electron chi connectivity index (χ3n) is 3.45. The summed E-state index contributed by atoms with van der Waals surface area (Å²) < 4.78 is 0. The number of aromatic nitrogens is 1. The molecule has 0 aliphatic heterocycles. The molecule has 1 aromatic heterocycles. The Balaban J connectivity index is 2.04. The van der Waals surface area contributed by atoms with Crippen LogP contribution in [0.3, 0.4) is 0 Å². The van der Waals surface area contributed by atoms with E-state index in [1.165, 1.54) is 32.1 Å². The van der Waals surface area contributed by atoms with E-state index in [0.29, 0.717) is 11.9 Å². The molecule has 0 radical (unpaired) electrons. The summed E-state index contributed by atoms with van der Waals surface area (Å²) in [4.78, 5) is 6.78. The van der Waals surface area contributed by atoms with Crippen LogP contribution in [0.2, 0.25) is 0 Å². The van der Waals surface area contributed by atoms with E-state index in [0.717, 1.165) is 11.4 Å². The normalized spacial score (nSPS) is 17.4. The second kappa shape index (κ2) is 5.53. The minimum Gasteiger partial charge on any atom is -0.357 e. The minimum atomic E-state index is 0.542. The molecule has 0 saturated heterocycles. The summed E-state index contributed by atoms with van der Waals surface area (Å²) in [7, 11) is 2.15. The first-order valence-corrected chi connectivity index (χ1v) is 6.58. The highest BCUT2D eigenvalue weighted by molar-refractivity contribution is 6.17. The summed E-state index contributed by atoms with van der Waals surface area (Å²) in [5.74, 6) is 1.61. The quantitative estimate of drug-likeness (QED) is 0.749. The number of alkyl halides is 1. The third-order valence-corrected chi connectivity index (χ3v) is 3.76. The van der Waals surface area contributed by atoms with Crippen LogP contribution >= 0.6 is 11.6 Å². The van der Waals surface area contributed by atoms with Crippen LogP contribution in [0.25, 0.3) is 0 Å². The van der Waals surface area contributed by atoms with Gasteiger partial charge in [0.15, 0.2) is 0 Å². The molecule has 2 rings (SSSR count). The average molecular weight is 239 g/mol. The first-order valence-electron chi connectivity index (χ1n) is 6.05. The van der Waals surface area contributed by atoms with Gasteiger partial charge in [-0.15, -0.1) is 11.6 Å². The van der Waals surface area contributed by atoms with E-state index in [1.807, 2.05) is 6.20 Å². The molecular formula is C13H19ClN2. The van der Waals surface area contributed by atoms with Crippen molar-refractivity contribution in [2.45, 2.75) is 44.0 Å². The SMILES string of the molecule is CN(c1ccc(CCl)cn1)C1CCCCC1. The number of hydrogen-bond donors (Lipinski definition) is 0. The Kier molecular flexibility index (Phi) is 4.05. The molecule has 16 heavy (non-hydrogen) atoms. The van der Waals surface area contributed by atoms with Crippen molar-refractivity contribution in [3.63, 3.8) is 0 Å². The van der Waals surface area contributed by atoms with Crippen molar-refractivity contribution in [3.8, 4) is 0 Å². The number of pyridine rings is 1. The third kappa shape index (κ3) is 2.67. The summed E-state index contributed by atoms with van der Waals surface area (Å²) in [6, 6.07) is 4.81. The van der Waals surface area contributed by atoms with Crippen molar-refractivity contribution in [3.05, 3.63) is 23.9 Å². The molecule has 1 fully saturated rings. The molecule has 0 aromatic carbocycles. The Bertz CT molecular complexity index is 317. The minimum absolute atomic E-state index is 0.542. The van der Waals surface area contributed by atoms with Crippen LogP contribution < -0.4 is 4.90 Å². The largest absolute Gasteiger partial charge is 0.357 e. The van der Waals surface area contributed by atoms with E-state index in [4.69, 9.17) is 11.6 Å². The number of rotatable bonds is 3. The van der Waals surface area contributed by atoms with Gasteiger partial charge in [-0.25, -0.2) is 4.98 Å². The summed E-state index contributed by atoms with van der Waals surface area (Å²) in [6.45, 7) is 0. The molecule has 1 saturated carbocycles. The molecule has 1 aliphatic rings. The summed E-state index contributed by atoms with van der Waals surface area (Å²) in [5.41, 5.74) is 1.09. The predicted molar refractivity (Wildman–Crippen MR) is 69.1 cm³/mol. The van der Waals surface area contributed by atoms with Gasteiger partial charge in [-0.1, -0.05) is 25.3 Å². The molecule has 88 valence electrons.